The minimum atomic E-state index is 0.00253. The first-order valence-corrected chi connectivity index (χ1v) is 8.38. The van der Waals surface area contributed by atoms with Gasteiger partial charge in [0, 0.05) is 45.1 Å². The van der Waals surface area contributed by atoms with Crippen LogP contribution in [0.1, 0.15) is 21.7 Å². The molecule has 1 saturated heterocycles. The van der Waals surface area contributed by atoms with Gasteiger partial charge < -0.3 is 14.4 Å². The van der Waals surface area contributed by atoms with E-state index in [-0.39, 0.29) is 5.91 Å². The van der Waals surface area contributed by atoms with Crippen LogP contribution >= 0.6 is 0 Å². The van der Waals surface area contributed by atoms with Gasteiger partial charge in [0.15, 0.2) is 11.5 Å². The van der Waals surface area contributed by atoms with Gasteiger partial charge in [-0.3, -0.25) is 9.69 Å². The Morgan fingerprint density at radius 1 is 1.08 bits per heavy atom. The Kier molecular flexibility index (Phi) is 4.23. The molecule has 1 fully saturated rings. The summed E-state index contributed by atoms with van der Waals surface area (Å²) in [5.41, 5.74) is 1.74. The predicted molar refractivity (Wildman–Crippen MR) is 90.5 cm³/mol. The van der Waals surface area contributed by atoms with Crippen LogP contribution < -0.4 is 9.47 Å². The summed E-state index contributed by atoms with van der Waals surface area (Å²) in [6.45, 7) is 6.03. The first-order chi connectivity index (χ1) is 12.2. The van der Waals surface area contributed by atoms with Crippen LogP contribution in [-0.2, 0) is 6.54 Å². The number of hydrogen-bond acceptors (Lipinski definition) is 6. The molecule has 7 heteroatoms. The molecule has 0 saturated carbocycles. The van der Waals surface area contributed by atoms with Gasteiger partial charge in [-0.1, -0.05) is 6.07 Å². The van der Waals surface area contributed by atoms with Crippen molar-refractivity contribution in [3.8, 4) is 11.5 Å². The molecule has 1 aromatic heterocycles. The average molecular weight is 340 g/mol. The molecule has 25 heavy (non-hydrogen) atoms. The SMILES string of the molecule is Cc1ncc(C(=O)N2CCN(Cc3ccc4c(c3)OCO4)CC2)cn1. The monoisotopic (exact) mass is 340 g/mol. The van der Waals surface area contributed by atoms with Crippen molar-refractivity contribution in [1.82, 2.24) is 19.8 Å². The van der Waals surface area contributed by atoms with Gasteiger partial charge in [0.2, 0.25) is 6.79 Å². The summed E-state index contributed by atoms with van der Waals surface area (Å²) in [5, 5.41) is 0. The fourth-order valence-corrected chi connectivity index (χ4v) is 3.09. The third-order valence-corrected chi connectivity index (χ3v) is 4.53. The van der Waals surface area contributed by atoms with Gasteiger partial charge in [-0.15, -0.1) is 0 Å². The maximum Gasteiger partial charge on any atom is 0.257 e. The van der Waals surface area contributed by atoms with Crippen LogP contribution in [-0.4, -0.2) is 58.6 Å². The number of benzene rings is 1. The highest BCUT2D eigenvalue weighted by molar-refractivity contribution is 5.93. The van der Waals surface area contributed by atoms with E-state index in [1.807, 2.05) is 24.0 Å². The zero-order valence-corrected chi connectivity index (χ0v) is 14.1. The molecule has 0 aliphatic carbocycles. The number of hydrogen-bond donors (Lipinski definition) is 0. The zero-order valence-electron chi connectivity index (χ0n) is 14.1. The molecule has 3 heterocycles. The number of amides is 1. The lowest BCUT2D eigenvalue weighted by Gasteiger charge is -2.34. The lowest BCUT2D eigenvalue weighted by molar-refractivity contribution is 0.0627. The summed E-state index contributed by atoms with van der Waals surface area (Å²) in [6.07, 6.45) is 3.20. The second-order valence-corrected chi connectivity index (χ2v) is 6.27. The van der Waals surface area contributed by atoms with Crippen LogP contribution in [0.25, 0.3) is 0 Å². The molecule has 0 N–H and O–H groups in total. The first kappa shape index (κ1) is 15.8. The van der Waals surface area contributed by atoms with Crippen molar-refractivity contribution >= 4 is 5.91 Å². The molecular formula is C18H20N4O3. The minimum Gasteiger partial charge on any atom is -0.454 e. The molecule has 4 rings (SSSR count). The maximum atomic E-state index is 12.5. The molecule has 2 aliphatic rings. The van der Waals surface area contributed by atoms with Gasteiger partial charge in [0.05, 0.1) is 5.56 Å². The lowest BCUT2D eigenvalue weighted by atomic mass is 10.1. The number of nitrogens with zero attached hydrogens (tertiary/aromatic N) is 4. The lowest BCUT2D eigenvalue weighted by Crippen LogP contribution is -2.48. The van der Waals surface area contributed by atoms with Gasteiger partial charge in [0.25, 0.3) is 5.91 Å². The largest absolute Gasteiger partial charge is 0.454 e. The average Bonchev–Trinajstić information content (AvgIpc) is 3.10. The Labute approximate surface area is 146 Å². The summed E-state index contributed by atoms with van der Waals surface area (Å²) in [5.74, 6) is 2.29. The van der Waals surface area contributed by atoms with E-state index in [1.54, 1.807) is 12.4 Å². The molecule has 0 bridgehead atoms. The van der Waals surface area contributed by atoms with Crippen molar-refractivity contribution in [2.24, 2.45) is 0 Å². The van der Waals surface area contributed by atoms with E-state index in [1.165, 1.54) is 5.56 Å². The minimum absolute atomic E-state index is 0.00253. The second kappa shape index (κ2) is 6.68. The first-order valence-electron chi connectivity index (χ1n) is 8.38. The summed E-state index contributed by atoms with van der Waals surface area (Å²) >= 11 is 0. The number of piperazine rings is 1. The van der Waals surface area contributed by atoms with Gasteiger partial charge >= 0.3 is 0 Å². The number of ether oxygens (including phenoxy) is 2. The highest BCUT2D eigenvalue weighted by Crippen LogP contribution is 2.32. The maximum absolute atomic E-state index is 12.5. The Bertz CT molecular complexity index is 770. The van der Waals surface area contributed by atoms with Crippen LogP contribution in [0.5, 0.6) is 11.5 Å². The van der Waals surface area contributed by atoms with Crippen LogP contribution in [0.3, 0.4) is 0 Å². The second-order valence-electron chi connectivity index (χ2n) is 6.27. The smallest absolute Gasteiger partial charge is 0.257 e. The van der Waals surface area contributed by atoms with Crippen LogP contribution in [0, 0.1) is 6.92 Å². The molecular weight excluding hydrogens is 320 g/mol. The molecule has 0 radical (unpaired) electrons. The van der Waals surface area contributed by atoms with Crippen molar-refractivity contribution in [3.05, 3.63) is 47.5 Å². The zero-order chi connectivity index (χ0) is 17.2. The van der Waals surface area contributed by atoms with Gasteiger partial charge in [-0.2, -0.15) is 0 Å². The van der Waals surface area contributed by atoms with Gasteiger partial charge in [-0.25, -0.2) is 9.97 Å². The topological polar surface area (TPSA) is 67.8 Å². The third-order valence-electron chi connectivity index (χ3n) is 4.53. The van der Waals surface area contributed by atoms with Crippen LogP contribution in [0.2, 0.25) is 0 Å². The van der Waals surface area contributed by atoms with Crippen molar-refractivity contribution in [2.75, 3.05) is 33.0 Å². The molecule has 2 aliphatic heterocycles. The van der Waals surface area contributed by atoms with Crippen LogP contribution in [0.15, 0.2) is 30.6 Å². The highest BCUT2D eigenvalue weighted by Gasteiger charge is 2.23. The number of carbonyl (C=O) groups is 1. The summed E-state index contributed by atoms with van der Waals surface area (Å²) in [6, 6.07) is 6.05. The van der Waals surface area contributed by atoms with Crippen molar-refractivity contribution in [3.63, 3.8) is 0 Å². The standard InChI is InChI=1S/C18H20N4O3/c1-13-19-9-15(10-20-13)18(23)22-6-4-21(5-7-22)11-14-2-3-16-17(8-14)25-12-24-16/h2-3,8-10H,4-7,11-12H2,1H3. The van der Waals surface area contributed by atoms with E-state index < -0.39 is 0 Å². The molecule has 2 aromatic rings. The molecule has 7 nitrogen and oxygen atoms in total. The summed E-state index contributed by atoms with van der Waals surface area (Å²) in [7, 11) is 0. The fraction of sp³-hybridized carbons (Fsp3) is 0.389. The van der Waals surface area contributed by atoms with Crippen molar-refractivity contribution in [2.45, 2.75) is 13.5 Å². The fourth-order valence-electron chi connectivity index (χ4n) is 3.09. The number of aryl methyl sites for hydroxylation is 1. The van der Waals surface area contributed by atoms with E-state index in [2.05, 4.69) is 20.9 Å². The molecule has 0 unspecified atom stereocenters. The highest BCUT2D eigenvalue weighted by atomic mass is 16.7. The van der Waals surface area contributed by atoms with Crippen molar-refractivity contribution in [1.29, 1.82) is 0 Å². The summed E-state index contributed by atoms with van der Waals surface area (Å²) in [4.78, 5) is 24.9. The molecule has 0 spiro atoms. The predicted octanol–water partition coefficient (Wildman–Crippen LogP) is 1.47. The molecule has 1 aromatic carbocycles. The molecule has 1 amide bonds. The van der Waals surface area contributed by atoms with E-state index in [0.29, 0.717) is 31.3 Å². The Morgan fingerprint density at radius 3 is 2.56 bits per heavy atom. The number of carbonyl (C=O) groups excluding carboxylic acids is 1. The number of aromatic nitrogens is 2. The van der Waals surface area contributed by atoms with E-state index in [4.69, 9.17) is 9.47 Å². The quantitative estimate of drug-likeness (QED) is 0.843. The van der Waals surface area contributed by atoms with Gasteiger partial charge in [-0.05, 0) is 24.6 Å². The van der Waals surface area contributed by atoms with E-state index in [0.717, 1.165) is 31.1 Å². The molecule has 0 atom stereocenters. The Morgan fingerprint density at radius 2 is 1.80 bits per heavy atom. The normalized spacial score (nSPS) is 16.9. The Hall–Kier alpha value is -2.67. The number of fused-ring (bicyclic) bond motifs is 1. The number of rotatable bonds is 3. The molecule has 130 valence electrons. The summed E-state index contributed by atoms with van der Waals surface area (Å²) < 4.78 is 10.8. The van der Waals surface area contributed by atoms with E-state index in [9.17, 15) is 4.79 Å². The van der Waals surface area contributed by atoms with E-state index >= 15 is 0 Å². The third kappa shape index (κ3) is 3.41. The Balaban J connectivity index is 1.33. The van der Waals surface area contributed by atoms with Gasteiger partial charge in [0.1, 0.15) is 5.82 Å². The van der Waals surface area contributed by atoms with Crippen molar-refractivity contribution < 1.29 is 14.3 Å². The van der Waals surface area contributed by atoms with Crippen LogP contribution in [0.4, 0.5) is 0 Å².